The number of anilines is 1. The van der Waals surface area contributed by atoms with Gasteiger partial charge in [-0.05, 0) is 79.4 Å². The van der Waals surface area contributed by atoms with Gasteiger partial charge in [0, 0.05) is 0 Å². The van der Waals surface area contributed by atoms with E-state index in [0.717, 1.165) is 39.6 Å². The average molecular weight is 494 g/mol. The second-order valence-electron chi connectivity index (χ2n) is 8.11. The Hall–Kier alpha value is -3.65. The predicted octanol–water partition coefficient (Wildman–Crippen LogP) is 4.83. The van der Waals surface area contributed by atoms with Crippen LogP contribution in [0.5, 0.6) is 5.75 Å². The molecule has 0 radical (unpaired) electrons. The number of unbranched alkanes of at least 4 members (excludes halogenated alkanes) is 1. The van der Waals surface area contributed by atoms with Gasteiger partial charge in [0.2, 0.25) is 0 Å². The molecule has 3 aromatic rings. The van der Waals surface area contributed by atoms with Gasteiger partial charge in [-0.15, -0.1) is 0 Å². The SMILES string of the molecule is CCCCOc1ccc(/C=N\NC(=O)CN(c2cccc(C)c2C)S(=O)(=O)c2ccccc2)cc1. The number of nitrogens with one attached hydrogen (secondary N) is 1. The van der Waals surface area contributed by atoms with E-state index in [0.29, 0.717) is 12.3 Å². The van der Waals surface area contributed by atoms with Crippen molar-refractivity contribution in [1.29, 1.82) is 0 Å². The van der Waals surface area contributed by atoms with E-state index >= 15 is 0 Å². The van der Waals surface area contributed by atoms with Crippen LogP contribution in [-0.2, 0) is 14.8 Å². The minimum atomic E-state index is -3.97. The van der Waals surface area contributed by atoms with E-state index in [1.54, 1.807) is 30.3 Å². The molecular weight excluding hydrogens is 462 g/mol. The second-order valence-corrected chi connectivity index (χ2v) is 9.97. The molecule has 0 bridgehead atoms. The third-order valence-electron chi connectivity index (χ3n) is 5.51. The molecule has 0 aliphatic carbocycles. The average Bonchev–Trinajstić information content (AvgIpc) is 2.86. The molecule has 0 aliphatic rings. The van der Waals surface area contributed by atoms with Crippen molar-refractivity contribution in [1.82, 2.24) is 5.43 Å². The number of hydrazone groups is 1. The third-order valence-corrected chi connectivity index (χ3v) is 7.29. The normalized spacial score (nSPS) is 11.4. The largest absolute Gasteiger partial charge is 0.494 e. The van der Waals surface area contributed by atoms with Crippen LogP contribution in [0.1, 0.15) is 36.5 Å². The Kier molecular flexibility index (Phi) is 9.03. The Labute approximate surface area is 207 Å². The fraction of sp³-hybridized carbons (Fsp3) is 0.259. The lowest BCUT2D eigenvalue weighted by Gasteiger charge is -2.26. The number of carbonyl (C=O) groups excluding carboxylic acids is 1. The van der Waals surface area contributed by atoms with Crippen LogP contribution >= 0.6 is 0 Å². The number of sulfonamides is 1. The molecule has 0 heterocycles. The van der Waals surface area contributed by atoms with Gasteiger partial charge < -0.3 is 4.74 Å². The van der Waals surface area contributed by atoms with Gasteiger partial charge in [0.05, 0.1) is 23.4 Å². The zero-order chi connectivity index (χ0) is 25.3. The van der Waals surface area contributed by atoms with Crippen LogP contribution in [0, 0.1) is 13.8 Å². The van der Waals surface area contributed by atoms with E-state index in [1.165, 1.54) is 18.3 Å². The van der Waals surface area contributed by atoms with Gasteiger partial charge in [-0.3, -0.25) is 9.10 Å². The number of nitrogens with zero attached hydrogens (tertiary/aromatic N) is 2. The number of aryl methyl sites for hydroxylation is 1. The van der Waals surface area contributed by atoms with Crippen molar-refractivity contribution in [2.75, 3.05) is 17.5 Å². The van der Waals surface area contributed by atoms with E-state index in [-0.39, 0.29) is 4.90 Å². The van der Waals surface area contributed by atoms with Crippen LogP contribution in [0.15, 0.2) is 82.8 Å². The van der Waals surface area contributed by atoms with Crippen molar-refractivity contribution in [3.63, 3.8) is 0 Å². The van der Waals surface area contributed by atoms with Crippen molar-refractivity contribution < 1.29 is 17.9 Å². The topological polar surface area (TPSA) is 88.1 Å². The lowest BCUT2D eigenvalue weighted by molar-refractivity contribution is -0.119. The number of amides is 1. The minimum Gasteiger partial charge on any atom is -0.494 e. The predicted molar refractivity (Wildman–Crippen MR) is 139 cm³/mol. The molecule has 184 valence electrons. The van der Waals surface area contributed by atoms with Crippen LogP contribution in [-0.4, -0.2) is 33.7 Å². The Bertz CT molecular complexity index is 1260. The van der Waals surface area contributed by atoms with E-state index < -0.39 is 22.5 Å². The Morgan fingerprint density at radius 2 is 1.71 bits per heavy atom. The Morgan fingerprint density at radius 3 is 2.40 bits per heavy atom. The van der Waals surface area contributed by atoms with Gasteiger partial charge in [-0.2, -0.15) is 5.10 Å². The van der Waals surface area contributed by atoms with Gasteiger partial charge in [0.25, 0.3) is 15.9 Å². The Morgan fingerprint density at radius 1 is 1.00 bits per heavy atom. The molecule has 0 atom stereocenters. The van der Waals surface area contributed by atoms with Crippen LogP contribution in [0.2, 0.25) is 0 Å². The van der Waals surface area contributed by atoms with Crippen LogP contribution in [0.25, 0.3) is 0 Å². The van der Waals surface area contributed by atoms with E-state index in [4.69, 9.17) is 4.74 Å². The highest BCUT2D eigenvalue weighted by Gasteiger charge is 2.28. The molecule has 0 fully saturated rings. The first kappa shape index (κ1) is 26.0. The summed E-state index contributed by atoms with van der Waals surface area (Å²) in [6, 6.07) is 20.8. The molecule has 8 heteroatoms. The highest BCUT2D eigenvalue weighted by atomic mass is 32.2. The van der Waals surface area contributed by atoms with Crippen molar-refractivity contribution in [2.45, 2.75) is 38.5 Å². The summed E-state index contributed by atoms with van der Waals surface area (Å²) < 4.78 is 33.7. The maximum absolute atomic E-state index is 13.4. The van der Waals surface area contributed by atoms with Crippen LogP contribution in [0.4, 0.5) is 5.69 Å². The van der Waals surface area contributed by atoms with E-state index in [1.807, 2.05) is 44.2 Å². The Balaban J connectivity index is 1.74. The van der Waals surface area contributed by atoms with E-state index in [9.17, 15) is 13.2 Å². The van der Waals surface area contributed by atoms with Crippen LogP contribution < -0.4 is 14.5 Å². The highest BCUT2D eigenvalue weighted by Crippen LogP contribution is 2.28. The lowest BCUT2D eigenvalue weighted by Crippen LogP contribution is -2.40. The van der Waals surface area contributed by atoms with Gasteiger partial charge >= 0.3 is 0 Å². The molecule has 7 nitrogen and oxygen atoms in total. The maximum Gasteiger partial charge on any atom is 0.264 e. The zero-order valence-electron chi connectivity index (χ0n) is 20.3. The fourth-order valence-electron chi connectivity index (χ4n) is 3.35. The van der Waals surface area contributed by atoms with Gasteiger partial charge in [0.15, 0.2) is 0 Å². The number of ether oxygens (including phenoxy) is 1. The first-order valence-corrected chi connectivity index (χ1v) is 13.0. The molecule has 35 heavy (non-hydrogen) atoms. The zero-order valence-corrected chi connectivity index (χ0v) is 21.1. The second kappa shape index (κ2) is 12.2. The maximum atomic E-state index is 13.4. The first-order chi connectivity index (χ1) is 16.8. The molecular formula is C27H31N3O4S. The molecule has 3 rings (SSSR count). The summed E-state index contributed by atoms with van der Waals surface area (Å²) in [5, 5.41) is 4.00. The van der Waals surface area contributed by atoms with Crippen molar-refractivity contribution in [3.8, 4) is 5.75 Å². The summed E-state index contributed by atoms with van der Waals surface area (Å²) in [6.45, 7) is 6.10. The molecule has 0 aliphatic heterocycles. The molecule has 1 N–H and O–H groups in total. The number of carbonyl (C=O) groups is 1. The number of hydrogen-bond donors (Lipinski definition) is 1. The molecule has 3 aromatic carbocycles. The summed E-state index contributed by atoms with van der Waals surface area (Å²) >= 11 is 0. The smallest absolute Gasteiger partial charge is 0.264 e. The number of benzene rings is 3. The number of hydrogen-bond acceptors (Lipinski definition) is 5. The summed E-state index contributed by atoms with van der Waals surface area (Å²) in [5.74, 6) is 0.219. The fourth-order valence-corrected chi connectivity index (χ4v) is 4.85. The van der Waals surface area contributed by atoms with E-state index in [2.05, 4.69) is 17.5 Å². The molecule has 0 saturated carbocycles. The molecule has 1 amide bonds. The minimum absolute atomic E-state index is 0.110. The van der Waals surface area contributed by atoms with Gasteiger partial charge in [-0.1, -0.05) is 43.7 Å². The molecule has 0 saturated heterocycles. The summed E-state index contributed by atoms with van der Waals surface area (Å²) in [4.78, 5) is 12.9. The standard InChI is InChI=1S/C27H31N3O4S/c1-4-5-18-34-24-16-14-23(15-17-24)19-28-29-27(31)20-30(26-13-9-10-21(2)22(26)3)35(32,33)25-11-7-6-8-12-25/h6-17,19H,4-5,18,20H2,1-3H3,(H,29,31)/b28-19-. The van der Waals surface area contributed by atoms with Gasteiger partial charge in [-0.25, -0.2) is 13.8 Å². The summed E-state index contributed by atoms with van der Waals surface area (Å²) in [5.41, 5.74) is 5.37. The number of rotatable bonds is 11. The first-order valence-electron chi connectivity index (χ1n) is 11.5. The molecule has 0 unspecified atom stereocenters. The monoisotopic (exact) mass is 493 g/mol. The molecule has 0 aromatic heterocycles. The van der Waals surface area contributed by atoms with Crippen molar-refractivity contribution >= 4 is 27.8 Å². The summed E-state index contributed by atoms with van der Waals surface area (Å²) in [7, 11) is -3.97. The quantitative estimate of drug-likeness (QED) is 0.235. The van der Waals surface area contributed by atoms with Crippen LogP contribution in [0.3, 0.4) is 0 Å². The van der Waals surface area contributed by atoms with Gasteiger partial charge in [0.1, 0.15) is 12.3 Å². The molecule has 0 spiro atoms. The highest BCUT2D eigenvalue weighted by molar-refractivity contribution is 7.92. The van der Waals surface area contributed by atoms with Crippen molar-refractivity contribution in [3.05, 3.63) is 89.5 Å². The lowest BCUT2D eigenvalue weighted by atomic mass is 10.1. The third kappa shape index (κ3) is 6.93. The summed E-state index contributed by atoms with van der Waals surface area (Å²) in [6.07, 6.45) is 3.56. The van der Waals surface area contributed by atoms with Crippen molar-refractivity contribution in [2.24, 2.45) is 5.10 Å².